The average Bonchev–Trinajstić information content (AvgIpc) is 3.12. The molecule has 1 aromatic rings. The Balaban J connectivity index is 0.00000312. The summed E-state index contributed by atoms with van der Waals surface area (Å²) in [5.74, 6) is 1.73. The summed E-state index contributed by atoms with van der Waals surface area (Å²) < 4.78 is 16.9. The van der Waals surface area contributed by atoms with E-state index in [4.69, 9.17) is 14.2 Å². The van der Waals surface area contributed by atoms with Crippen LogP contribution in [-0.2, 0) is 9.47 Å². The van der Waals surface area contributed by atoms with E-state index in [1.807, 2.05) is 42.3 Å². The Bertz CT molecular complexity index is 482. The molecule has 142 valence electrons. The molecule has 0 amide bonds. The zero-order chi connectivity index (χ0) is 17.0. The normalized spacial score (nSPS) is 17.0. The highest BCUT2D eigenvalue weighted by Crippen LogP contribution is 2.11. The van der Waals surface area contributed by atoms with Gasteiger partial charge in [0.15, 0.2) is 5.96 Å². The van der Waals surface area contributed by atoms with Gasteiger partial charge in [-0.3, -0.25) is 4.99 Å². The molecule has 1 unspecified atom stereocenters. The predicted octanol–water partition coefficient (Wildman–Crippen LogP) is 2.39. The Kier molecular flexibility index (Phi) is 11.6. The Morgan fingerprint density at radius 2 is 2.12 bits per heavy atom. The van der Waals surface area contributed by atoms with Crippen molar-refractivity contribution in [1.29, 1.82) is 0 Å². The van der Waals surface area contributed by atoms with Crippen LogP contribution in [0.25, 0.3) is 0 Å². The molecule has 0 aliphatic carbocycles. The molecule has 7 heteroatoms. The molecule has 0 spiro atoms. The van der Waals surface area contributed by atoms with Crippen molar-refractivity contribution in [3.05, 3.63) is 30.3 Å². The van der Waals surface area contributed by atoms with Gasteiger partial charge in [-0.15, -0.1) is 24.0 Å². The van der Waals surface area contributed by atoms with E-state index in [1.54, 1.807) is 7.05 Å². The highest BCUT2D eigenvalue weighted by molar-refractivity contribution is 14.0. The number of ether oxygens (including phenoxy) is 3. The molecule has 2 rings (SSSR count). The molecule has 1 aliphatic heterocycles. The second kappa shape index (κ2) is 13.2. The number of hydrogen-bond donors (Lipinski definition) is 1. The van der Waals surface area contributed by atoms with Crippen LogP contribution >= 0.6 is 24.0 Å². The SMILES string of the molecule is CN=C(NCCOCC1CCCO1)N(C)CCOc1ccccc1.I. The molecule has 0 radical (unpaired) electrons. The fourth-order valence-corrected chi connectivity index (χ4v) is 2.53. The fraction of sp³-hybridized carbons (Fsp3) is 0.611. The highest BCUT2D eigenvalue weighted by atomic mass is 127. The van der Waals surface area contributed by atoms with Gasteiger partial charge in [-0.05, 0) is 25.0 Å². The lowest BCUT2D eigenvalue weighted by molar-refractivity contribution is 0.0190. The van der Waals surface area contributed by atoms with E-state index in [9.17, 15) is 0 Å². The third-order valence-corrected chi connectivity index (χ3v) is 3.87. The number of likely N-dealkylation sites (N-methyl/N-ethyl adjacent to an activating group) is 1. The fourth-order valence-electron chi connectivity index (χ4n) is 2.53. The number of aliphatic imine (C=N–C) groups is 1. The van der Waals surface area contributed by atoms with Crippen LogP contribution in [0.15, 0.2) is 35.3 Å². The van der Waals surface area contributed by atoms with Crippen LogP contribution in [-0.4, -0.2) is 70.6 Å². The molecule has 0 saturated carbocycles. The van der Waals surface area contributed by atoms with E-state index < -0.39 is 0 Å². The molecule has 1 saturated heterocycles. The number of para-hydroxylation sites is 1. The van der Waals surface area contributed by atoms with Gasteiger partial charge in [-0.2, -0.15) is 0 Å². The highest BCUT2D eigenvalue weighted by Gasteiger charge is 2.15. The summed E-state index contributed by atoms with van der Waals surface area (Å²) in [6.07, 6.45) is 2.54. The van der Waals surface area contributed by atoms with Gasteiger partial charge >= 0.3 is 0 Å². The van der Waals surface area contributed by atoms with Crippen molar-refractivity contribution in [2.75, 3.05) is 53.6 Å². The Morgan fingerprint density at radius 1 is 1.32 bits per heavy atom. The summed E-state index contributed by atoms with van der Waals surface area (Å²) in [5, 5.41) is 3.30. The van der Waals surface area contributed by atoms with E-state index in [-0.39, 0.29) is 30.1 Å². The molecule has 25 heavy (non-hydrogen) atoms. The molecule has 0 bridgehead atoms. The van der Waals surface area contributed by atoms with Gasteiger partial charge in [0.25, 0.3) is 0 Å². The standard InChI is InChI=1S/C18H29N3O3.HI/c1-19-18(20-10-13-22-15-17-9-6-12-23-17)21(2)11-14-24-16-7-4-3-5-8-16;/h3-5,7-8,17H,6,9-15H2,1-2H3,(H,19,20);1H. The van der Waals surface area contributed by atoms with Crippen molar-refractivity contribution >= 4 is 29.9 Å². The van der Waals surface area contributed by atoms with Crippen LogP contribution in [0.3, 0.4) is 0 Å². The van der Waals surface area contributed by atoms with Gasteiger partial charge in [-0.25, -0.2) is 0 Å². The van der Waals surface area contributed by atoms with Gasteiger partial charge in [0.2, 0.25) is 0 Å². The molecule has 1 fully saturated rings. The lowest BCUT2D eigenvalue weighted by Crippen LogP contribution is -2.42. The molecular weight excluding hydrogens is 433 g/mol. The number of halogens is 1. The average molecular weight is 463 g/mol. The van der Waals surface area contributed by atoms with Crippen molar-refractivity contribution in [2.45, 2.75) is 18.9 Å². The Labute approximate surface area is 167 Å². The molecule has 6 nitrogen and oxygen atoms in total. The molecule has 1 aromatic carbocycles. The van der Waals surface area contributed by atoms with Gasteiger partial charge in [0.1, 0.15) is 12.4 Å². The van der Waals surface area contributed by atoms with E-state index in [1.165, 1.54) is 0 Å². The minimum atomic E-state index is 0. The number of benzene rings is 1. The van der Waals surface area contributed by atoms with Crippen LogP contribution in [0.5, 0.6) is 5.75 Å². The number of nitrogens with one attached hydrogen (secondary N) is 1. The first-order chi connectivity index (χ1) is 11.8. The van der Waals surface area contributed by atoms with Crippen LogP contribution in [0, 0.1) is 0 Å². The minimum Gasteiger partial charge on any atom is -0.492 e. The van der Waals surface area contributed by atoms with Crippen LogP contribution in [0.1, 0.15) is 12.8 Å². The maximum Gasteiger partial charge on any atom is 0.193 e. The summed E-state index contributed by atoms with van der Waals surface area (Å²) in [7, 11) is 3.78. The van der Waals surface area contributed by atoms with E-state index >= 15 is 0 Å². The zero-order valence-electron chi connectivity index (χ0n) is 15.1. The topological polar surface area (TPSA) is 55.3 Å². The number of rotatable bonds is 9. The lowest BCUT2D eigenvalue weighted by atomic mass is 10.2. The first-order valence-electron chi connectivity index (χ1n) is 8.58. The van der Waals surface area contributed by atoms with Gasteiger partial charge in [-0.1, -0.05) is 18.2 Å². The van der Waals surface area contributed by atoms with Gasteiger partial charge < -0.3 is 24.4 Å². The van der Waals surface area contributed by atoms with Crippen molar-refractivity contribution < 1.29 is 14.2 Å². The molecule has 1 atom stereocenters. The molecule has 1 N–H and O–H groups in total. The van der Waals surface area contributed by atoms with E-state index in [0.29, 0.717) is 19.8 Å². The maximum atomic E-state index is 5.71. The van der Waals surface area contributed by atoms with Crippen molar-refractivity contribution in [2.24, 2.45) is 4.99 Å². The smallest absolute Gasteiger partial charge is 0.193 e. The lowest BCUT2D eigenvalue weighted by Gasteiger charge is -2.22. The first-order valence-corrected chi connectivity index (χ1v) is 8.58. The monoisotopic (exact) mass is 463 g/mol. The van der Waals surface area contributed by atoms with Crippen molar-refractivity contribution in [3.8, 4) is 5.75 Å². The van der Waals surface area contributed by atoms with E-state index in [2.05, 4.69) is 10.3 Å². The summed E-state index contributed by atoms with van der Waals surface area (Å²) >= 11 is 0. The quantitative estimate of drug-likeness (QED) is 0.264. The second-order valence-corrected chi connectivity index (χ2v) is 5.77. The van der Waals surface area contributed by atoms with Crippen LogP contribution < -0.4 is 10.1 Å². The largest absolute Gasteiger partial charge is 0.492 e. The zero-order valence-corrected chi connectivity index (χ0v) is 17.5. The second-order valence-electron chi connectivity index (χ2n) is 5.77. The molecule has 1 heterocycles. The van der Waals surface area contributed by atoms with Crippen molar-refractivity contribution in [1.82, 2.24) is 10.2 Å². The minimum absolute atomic E-state index is 0. The summed E-state index contributed by atoms with van der Waals surface area (Å²) in [6, 6.07) is 9.83. The third-order valence-electron chi connectivity index (χ3n) is 3.87. The molecule has 1 aliphatic rings. The first kappa shape index (κ1) is 22.0. The van der Waals surface area contributed by atoms with E-state index in [0.717, 1.165) is 44.2 Å². The number of hydrogen-bond acceptors (Lipinski definition) is 4. The summed E-state index contributed by atoms with van der Waals surface area (Å²) in [4.78, 5) is 6.33. The Hall–Kier alpha value is -1.06. The number of guanidine groups is 1. The number of nitrogens with zero attached hydrogens (tertiary/aromatic N) is 2. The maximum absolute atomic E-state index is 5.71. The Morgan fingerprint density at radius 3 is 2.80 bits per heavy atom. The van der Waals surface area contributed by atoms with Gasteiger partial charge in [0.05, 0.1) is 25.9 Å². The molecule has 0 aromatic heterocycles. The molecular formula is C18H30IN3O3. The van der Waals surface area contributed by atoms with Crippen LogP contribution in [0.4, 0.5) is 0 Å². The van der Waals surface area contributed by atoms with Crippen molar-refractivity contribution in [3.63, 3.8) is 0 Å². The van der Waals surface area contributed by atoms with Gasteiger partial charge in [0, 0.05) is 27.2 Å². The summed E-state index contributed by atoms with van der Waals surface area (Å²) in [6.45, 7) is 4.29. The van der Waals surface area contributed by atoms with Crippen LogP contribution in [0.2, 0.25) is 0 Å². The third kappa shape index (κ3) is 8.73. The summed E-state index contributed by atoms with van der Waals surface area (Å²) in [5.41, 5.74) is 0. The predicted molar refractivity (Wildman–Crippen MR) is 111 cm³/mol.